The standard InChI is InChI=1S/C16H14O4/c1-20-16(19)9-11-2-7-15(13(8-11)10-17)12-3-5-14(18)6-4-12/h2-8,10,18H,9H2,1H3. The van der Waals surface area contributed by atoms with Gasteiger partial charge in [-0.3, -0.25) is 9.59 Å². The van der Waals surface area contributed by atoms with Gasteiger partial charge in [-0.15, -0.1) is 0 Å². The zero-order valence-electron chi connectivity index (χ0n) is 11.0. The number of rotatable bonds is 4. The van der Waals surface area contributed by atoms with Crippen molar-refractivity contribution in [3.63, 3.8) is 0 Å². The minimum absolute atomic E-state index is 0.132. The first kappa shape index (κ1) is 13.8. The van der Waals surface area contributed by atoms with Crippen molar-refractivity contribution in [2.24, 2.45) is 0 Å². The molecule has 0 saturated heterocycles. The predicted molar refractivity (Wildman–Crippen MR) is 74.7 cm³/mol. The Hall–Kier alpha value is -2.62. The summed E-state index contributed by atoms with van der Waals surface area (Å²) in [5, 5.41) is 9.28. The molecule has 2 aromatic carbocycles. The van der Waals surface area contributed by atoms with Crippen LogP contribution < -0.4 is 0 Å². The molecule has 0 aliphatic heterocycles. The van der Waals surface area contributed by atoms with Crippen molar-refractivity contribution in [1.29, 1.82) is 0 Å². The molecule has 0 radical (unpaired) electrons. The van der Waals surface area contributed by atoms with Crippen molar-refractivity contribution in [2.75, 3.05) is 7.11 Å². The van der Waals surface area contributed by atoms with Crippen LogP contribution in [0, 0.1) is 0 Å². The topological polar surface area (TPSA) is 63.6 Å². The average molecular weight is 270 g/mol. The van der Waals surface area contributed by atoms with E-state index in [1.54, 1.807) is 42.5 Å². The Bertz CT molecular complexity index is 629. The van der Waals surface area contributed by atoms with Gasteiger partial charge in [-0.05, 0) is 34.9 Å². The van der Waals surface area contributed by atoms with E-state index in [0.29, 0.717) is 5.56 Å². The summed E-state index contributed by atoms with van der Waals surface area (Å²) in [4.78, 5) is 22.4. The van der Waals surface area contributed by atoms with Crippen LogP contribution in [-0.4, -0.2) is 24.5 Å². The molecule has 1 N–H and O–H groups in total. The fraction of sp³-hybridized carbons (Fsp3) is 0.125. The summed E-state index contributed by atoms with van der Waals surface area (Å²) in [6.07, 6.45) is 0.885. The van der Waals surface area contributed by atoms with Gasteiger partial charge in [0.25, 0.3) is 0 Å². The van der Waals surface area contributed by atoms with E-state index in [0.717, 1.165) is 23.0 Å². The van der Waals surface area contributed by atoms with Crippen molar-refractivity contribution in [3.05, 3.63) is 53.6 Å². The lowest BCUT2D eigenvalue weighted by Crippen LogP contribution is -2.05. The predicted octanol–water partition coefficient (Wildman–Crippen LogP) is 2.59. The summed E-state index contributed by atoms with van der Waals surface area (Å²) in [7, 11) is 1.33. The third kappa shape index (κ3) is 3.03. The van der Waals surface area contributed by atoms with Gasteiger partial charge in [-0.1, -0.05) is 24.3 Å². The van der Waals surface area contributed by atoms with Gasteiger partial charge in [-0.2, -0.15) is 0 Å². The highest BCUT2D eigenvalue weighted by Gasteiger charge is 2.09. The maximum atomic E-state index is 11.2. The van der Waals surface area contributed by atoms with Crippen LogP contribution in [0.4, 0.5) is 0 Å². The molecule has 0 fully saturated rings. The summed E-state index contributed by atoms with van der Waals surface area (Å²) < 4.78 is 4.60. The van der Waals surface area contributed by atoms with Gasteiger partial charge in [0, 0.05) is 5.56 Å². The highest BCUT2D eigenvalue weighted by molar-refractivity contribution is 5.88. The summed E-state index contributed by atoms with van der Waals surface area (Å²) in [6, 6.07) is 11.8. The molecule has 102 valence electrons. The number of hydrogen-bond donors (Lipinski definition) is 1. The highest BCUT2D eigenvalue weighted by atomic mass is 16.5. The number of phenolic OH excluding ortho intramolecular Hbond substituents is 1. The number of aldehydes is 1. The molecule has 20 heavy (non-hydrogen) atoms. The molecule has 4 heteroatoms. The lowest BCUT2D eigenvalue weighted by atomic mass is 9.97. The molecular weight excluding hydrogens is 256 g/mol. The lowest BCUT2D eigenvalue weighted by Gasteiger charge is -2.08. The number of ether oxygens (including phenoxy) is 1. The molecule has 0 atom stereocenters. The molecule has 0 aliphatic rings. The van der Waals surface area contributed by atoms with E-state index in [1.807, 2.05) is 0 Å². The van der Waals surface area contributed by atoms with Crippen LogP contribution in [0.5, 0.6) is 5.75 Å². The molecule has 0 aliphatic carbocycles. The van der Waals surface area contributed by atoms with E-state index in [1.165, 1.54) is 7.11 Å². The largest absolute Gasteiger partial charge is 0.508 e. The third-order valence-corrected chi connectivity index (χ3v) is 3.00. The second-order valence-corrected chi connectivity index (χ2v) is 4.34. The van der Waals surface area contributed by atoms with Crippen LogP contribution in [0.3, 0.4) is 0 Å². The Morgan fingerprint density at radius 1 is 1.20 bits per heavy atom. The van der Waals surface area contributed by atoms with Gasteiger partial charge < -0.3 is 9.84 Å². The van der Waals surface area contributed by atoms with Crippen molar-refractivity contribution < 1.29 is 19.4 Å². The Balaban J connectivity index is 2.37. The fourth-order valence-electron chi connectivity index (χ4n) is 1.96. The second-order valence-electron chi connectivity index (χ2n) is 4.34. The summed E-state index contributed by atoms with van der Waals surface area (Å²) >= 11 is 0. The molecule has 4 nitrogen and oxygen atoms in total. The van der Waals surface area contributed by atoms with Crippen molar-refractivity contribution >= 4 is 12.3 Å². The number of benzene rings is 2. The molecule has 0 spiro atoms. The Kier molecular flexibility index (Phi) is 4.15. The van der Waals surface area contributed by atoms with Gasteiger partial charge in [0.1, 0.15) is 5.75 Å². The molecule has 2 rings (SSSR count). The number of phenols is 1. The van der Waals surface area contributed by atoms with Gasteiger partial charge in [0.2, 0.25) is 0 Å². The number of carbonyl (C=O) groups excluding carboxylic acids is 2. The third-order valence-electron chi connectivity index (χ3n) is 3.00. The maximum absolute atomic E-state index is 11.2. The zero-order valence-corrected chi connectivity index (χ0v) is 11.0. The van der Waals surface area contributed by atoms with Crippen LogP contribution >= 0.6 is 0 Å². The van der Waals surface area contributed by atoms with E-state index in [2.05, 4.69) is 4.74 Å². The SMILES string of the molecule is COC(=O)Cc1ccc(-c2ccc(O)cc2)c(C=O)c1. The lowest BCUT2D eigenvalue weighted by molar-refractivity contribution is -0.139. The van der Waals surface area contributed by atoms with Gasteiger partial charge in [-0.25, -0.2) is 0 Å². The smallest absolute Gasteiger partial charge is 0.309 e. The van der Waals surface area contributed by atoms with Crippen LogP contribution in [-0.2, 0) is 16.0 Å². The number of aromatic hydroxyl groups is 1. The molecule has 0 saturated carbocycles. The normalized spacial score (nSPS) is 10.1. The van der Waals surface area contributed by atoms with Crippen LogP contribution in [0.15, 0.2) is 42.5 Å². The molecule has 0 aromatic heterocycles. The molecule has 0 amide bonds. The molecule has 0 bridgehead atoms. The quantitative estimate of drug-likeness (QED) is 0.685. The van der Waals surface area contributed by atoms with Crippen molar-refractivity contribution in [1.82, 2.24) is 0 Å². The summed E-state index contributed by atoms with van der Waals surface area (Å²) in [5.41, 5.74) is 2.81. The van der Waals surface area contributed by atoms with Crippen LogP contribution in [0.1, 0.15) is 15.9 Å². The zero-order chi connectivity index (χ0) is 14.5. The molecule has 2 aromatic rings. The Morgan fingerprint density at radius 3 is 2.50 bits per heavy atom. The fourth-order valence-corrected chi connectivity index (χ4v) is 1.96. The van der Waals surface area contributed by atoms with Crippen LogP contribution in [0.25, 0.3) is 11.1 Å². The van der Waals surface area contributed by atoms with Crippen molar-refractivity contribution in [3.8, 4) is 16.9 Å². The first-order chi connectivity index (χ1) is 9.63. The average Bonchev–Trinajstić information content (AvgIpc) is 2.48. The minimum Gasteiger partial charge on any atom is -0.508 e. The van der Waals surface area contributed by atoms with Gasteiger partial charge in [0.15, 0.2) is 6.29 Å². The number of carbonyl (C=O) groups is 2. The number of methoxy groups -OCH3 is 1. The summed E-state index contributed by atoms with van der Waals surface area (Å²) in [5.74, 6) is -0.178. The van der Waals surface area contributed by atoms with Gasteiger partial charge >= 0.3 is 5.97 Å². The molecule has 0 unspecified atom stereocenters. The van der Waals surface area contributed by atoms with E-state index < -0.39 is 0 Å². The second kappa shape index (κ2) is 6.02. The van der Waals surface area contributed by atoms with Crippen LogP contribution in [0.2, 0.25) is 0 Å². The first-order valence-electron chi connectivity index (χ1n) is 6.08. The van der Waals surface area contributed by atoms with E-state index in [9.17, 15) is 14.7 Å². The molecule has 0 heterocycles. The minimum atomic E-state index is -0.348. The first-order valence-corrected chi connectivity index (χ1v) is 6.08. The Morgan fingerprint density at radius 2 is 1.90 bits per heavy atom. The van der Waals surface area contributed by atoms with Gasteiger partial charge in [0.05, 0.1) is 13.5 Å². The summed E-state index contributed by atoms with van der Waals surface area (Å²) in [6.45, 7) is 0. The maximum Gasteiger partial charge on any atom is 0.309 e. The van der Waals surface area contributed by atoms with E-state index >= 15 is 0 Å². The highest BCUT2D eigenvalue weighted by Crippen LogP contribution is 2.25. The Labute approximate surface area is 116 Å². The monoisotopic (exact) mass is 270 g/mol. The van der Waals surface area contributed by atoms with E-state index in [4.69, 9.17) is 0 Å². The van der Waals surface area contributed by atoms with E-state index in [-0.39, 0.29) is 18.1 Å². The number of esters is 1. The van der Waals surface area contributed by atoms with Crippen molar-refractivity contribution in [2.45, 2.75) is 6.42 Å². The molecular formula is C16H14O4. The number of hydrogen-bond acceptors (Lipinski definition) is 4.